The third-order valence-corrected chi connectivity index (χ3v) is 6.44. The van der Waals surface area contributed by atoms with E-state index in [9.17, 15) is 23.3 Å². The smallest absolute Gasteiger partial charge is 0.293 e. The Morgan fingerprint density at radius 3 is 2.36 bits per heavy atom. The number of halogens is 1. The van der Waals surface area contributed by atoms with Gasteiger partial charge in [0.2, 0.25) is 5.91 Å². The number of nitrogens with two attached hydrogens (primary N) is 1. The number of sulfone groups is 1. The molecule has 11 heteroatoms. The SMILES string of the molecule is CS(=O)(=O)c1ccc(N2CCN(C(=O)C3CCC(N)C3)CC2)c([N+](=O)[O-])c1.Cl. The summed E-state index contributed by atoms with van der Waals surface area (Å²) in [6, 6.07) is 4.05. The van der Waals surface area contributed by atoms with Crippen molar-refractivity contribution in [2.75, 3.05) is 37.3 Å². The second-order valence-corrected chi connectivity index (χ2v) is 9.28. The van der Waals surface area contributed by atoms with E-state index in [2.05, 4.69) is 0 Å². The van der Waals surface area contributed by atoms with Gasteiger partial charge < -0.3 is 15.5 Å². The van der Waals surface area contributed by atoms with E-state index < -0.39 is 14.8 Å². The lowest BCUT2D eigenvalue weighted by atomic mass is 10.1. The minimum absolute atomic E-state index is 0. The number of hydrogen-bond acceptors (Lipinski definition) is 7. The largest absolute Gasteiger partial charge is 0.362 e. The highest BCUT2D eigenvalue weighted by Gasteiger charge is 2.33. The Kier molecular flexibility index (Phi) is 6.89. The first kappa shape index (κ1) is 22.4. The fourth-order valence-electron chi connectivity index (χ4n) is 3.81. The van der Waals surface area contributed by atoms with E-state index in [1.165, 1.54) is 12.1 Å². The molecule has 1 aromatic rings. The zero-order valence-corrected chi connectivity index (χ0v) is 17.2. The van der Waals surface area contributed by atoms with Gasteiger partial charge in [-0.25, -0.2) is 8.42 Å². The molecule has 0 bridgehead atoms. The third kappa shape index (κ3) is 4.73. The average molecular weight is 433 g/mol. The molecule has 1 saturated heterocycles. The Morgan fingerprint density at radius 2 is 1.86 bits per heavy atom. The summed E-state index contributed by atoms with van der Waals surface area (Å²) in [6.07, 6.45) is 3.43. The molecular formula is C17H25ClN4O5S. The van der Waals surface area contributed by atoms with Gasteiger partial charge in [0.25, 0.3) is 5.69 Å². The average Bonchev–Trinajstić information content (AvgIpc) is 3.06. The van der Waals surface area contributed by atoms with Crippen LogP contribution in [0.1, 0.15) is 19.3 Å². The Morgan fingerprint density at radius 1 is 1.21 bits per heavy atom. The first-order valence-electron chi connectivity index (χ1n) is 8.94. The minimum atomic E-state index is -3.53. The van der Waals surface area contributed by atoms with Crippen LogP contribution in [0.3, 0.4) is 0 Å². The second kappa shape index (κ2) is 8.62. The molecule has 2 atom stereocenters. The van der Waals surface area contributed by atoms with Gasteiger partial charge in [0.1, 0.15) is 5.69 Å². The summed E-state index contributed by atoms with van der Waals surface area (Å²) in [6.45, 7) is 1.89. The number of hydrogen-bond donors (Lipinski definition) is 1. The third-order valence-electron chi connectivity index (χ3n) is 5.33. The summed E-state index contributed by atoms with van der Waals surface area (Å²) in [5.41, 5.74) is 6.03. The zero-order valence-electron chi connectivity index (χ0n) is 15.6. The highest BCUT2D eigenvalue weighted by Crippen LogP contribution is 2.32. The minimum Gasteiger partial charge on any atom is -0.362 e. The number of amides is 1. The van der Waals surface area contributed by atoms with Gasteiger partial charge in [-0.1, -0.05) is 0 Å². The molecule has 2 aliphatic rings. The lowest BCUT2D eigenvalue weighted by Crippen LogP contribution is -2.50. The summed E-state index contributed by atoms with van der Waals surface area (Å²) < 4.78 is 23.3. The van der Waals surface area contributed by atoms with Gasteiger partial charge in [0.05, 0.1) is 9.82 Å². The molecule has 0 spiro atoms. The van der Waals surface area contributed by atoms with Crippen LogP contribution in [0.4, 0.5) is 11.4 Å². The van der Waals surface area contributed by atoms with Crippen molar-refractivity contribution in [1.29, 1.82) is 0 Å². The number of nitrogens with zero attached hydrogens (tertiary/aromatic N) is 3. The van der Waals surface area contributed by atoms with Crippen LogP contribution in [-0.4, -0.2) is 62.6 Å². The van der Waals surface area contributed by atoms with E-state index in [1.807, 2.05) is 4.90 Å². The number of carbonyl (C=O) groups is 1. The predicted octanol–water partition coefficient (Wildman–Crippen LogP) is 1.20. The molecule has 2 unspecified atom stereocenters. The van der Waals surface area contributed by atoms with Crippen molar-refractivity contribution in [2.24, 2.45) is 11.7 Å². The molecule has 1 aromatic carbocycles. The van der Waals surface area contributed by atoms with Gasteiger partial charge >= 0.3 is 0 Å². The van der Waals surface area contributed by atoms with Crippen LogP contribution < -0.4 is 10.6 Å². The van der Waals surface area contributed by atoms with E-state index in [0.29, 0.717) is 31.9 Å². The second-order valence-electron chi connectivity index (χ2n) is 7.26. The first-order valence-corrected chi connectivity index (χ1v) is 10.8. The van der Waals surface area contributed by atoms with E-state index in [-0.39, 0.29) is 40.9 Å². The highest BCUT2D eigenvalue weighted by atomic mass is 35.5. The van der Waals surface area contributed by atoms with Gasteiger partial charge in [-0.3, -0.25) is 14.9 Å². The maximum atomic E-state index is 12.6. The van der Waals surface area contributed by atoms with Crippen molar-refractivity contribution >= 4 is 39.5 Å². The van der Waals surface area contributed by atoms with Gasteiger partial charge in [-0.05, 0) is 31.4 Å². The van der Waals surface area contributed by atoms with Gasteiger partial charge in [-0.2, -0.15) is 0 Å². The van der Waals surface area contributed by atoms with Crippen LogP contribution in [0.2, 0.25) is 0 Å². The molecule has 2 N–H and O–H groups in total. The molecule has 28 heavy (non-hydrogen) atoms. The van der Waals surface area contributed by atoms with Crippen LogP contribution >= 0.6 is 12.4 Å². The quantitative estimate of drug-likeness (QED) is 0.559. The van der Waals surface area contributed by atoms with Gasteiger partial charge in [0.15, 0.2) is 9.84 Å². The number of anilines is 1. The van der Waals surface area contributed by atoms with E-state index in [1.54, 1.807) is 4.90 Å². The molecule has 1 amide bonds. The number of rotatable bonds is 4. The monoisotopic (exact) mass is 432 g/mol. The predicted molar refractivity (Wildman–Crippen MR) is 108 cm³/mol. The Labute approximate surface area is 170 Å². The Bertz CT molecular complexity index is 855. The maximum Gasteiger partial charge on any atom is 0.293 e. The summed E-state index contributed by atoms with van der Waals surface area (Å²) >= 11 is 0. The molecule has 0 aromatic heterocycles. The van der Waals surface area contributed by atoms with Crippen molar-refractivity contribution in [1.82, 2.24) is 4.90 Å². The Hall–Kier alpha value is -1.91. The topological polar surface area (TPSA) is 127 Å². The van der Waals surface area contributed by atoms with E-state index >= 15 is 0 Å². The Balaban J connectivity index is 0.00000280. The molecule has 1 heterocycles. The fraction of sp³-hybridized carbons (Fsp3) is 0.588. The number of nitro groups is 1. The standard InChI is InChI=1S/C17H24N4O5S.ClH/c1-27(25,26)14-4-5-15(16(11-14)21(23)24)19-6-8-20(9-7-19)17(22)12-2-3-13(18)10-12;/h4-5,11-13H,2-3,6-10,18H2,1H3;1H. The van der Waals surface area contributed by atoms with Crippen molar-refractivity contribution < 1.29 is 18.1 Å². The number of carbonyl (C=O) groups excluding carboxylic acids is 1. The summed E-state index contributed by atoms with van der Waals surface area (Å²) in [5, 5.41) is 11.4. The molecule has 1 saturated carbocycles. The number of nitro benzene ring substituents is 1. The summed E-state index contributed by atoms with van der Waals surface area (Å²) in [5.74, 6) is 0.0967. The van der Waals surface area contributed by atoms with E-state index in [4.69, 9.17) is 5.73 Å². The number of benzene rings is 1. The van der Waals surface area contributed by atoms with Crippen LogP contribution in [0.5, 0.6) is 0 Å². The summed E-state index contributed by atoms with van der Waals surface area (Å²) in [4.78, 5) is 27.0. The molecular weight excluding hydrogens is 408 g/mol. The summed E-state index contributed by atoms with van der Waals surface area (Å²) in [7, 11) is -3.53. The molecule has 156 valence electrons. The van der Waals surface area contributed by atoms with Crippen LogP contribution in [-0.2, 0) is 14.6 Å². The molecule has 9 nitrogen and oxygen atoms in total. The van der Waals surface area contributed by atoms with Crippen LogP contribution in [0.15, 0.2) is 23.1 Å². The van der Waals surface area contributed by atoms with Gasteiger partial charge in [-0.15, -0.1) is 12.4 Å². The zero-order chi connectivity index (χ0) is 19.8. The van der Waals surface area contributed by atoms with Crippen LogP contribution in [0.25, 0.3) is 0 Å². The number of piperazine rings is 1. The first-order chi connectivity index (χ1) is 12.7. The highest BCUT2D eigenvalue weighted by molar-refractivity contribution is 7.90. The fourth-order valence-corrected chi connectivity index (χ4v) is 4.46. The normalized spacial score (nSPS) is 22.6. The molecule has 3 rings (SSSR count). The lowest BCUT2D eigenvalue weighted by Gasteiger charge is -2.37. The van der Waals surface area contributed by atoms with E-state index in [0.717, 1.165) is 31.6 Å². The van der Waals surface area contributed by atoms with Crippen molar-refractivity contribution in [3.05, 3.63) is 28.3 Å². The van der Waals surface area contributed by atoms with Crippen molar-refractivity contribution in [3.8, 4) is 0 Å². The lowest BCUT2D eigenvalue weighted by molar-refractivity contribution is -0.384. The van der Waals surface area contributed by atoms with Crippen LogP contribution in [0, 0.1) is 16.0 Å². The van der Waals surface area contributed by atoms with Gasteiger partial charge in [0, 0.05) is 50.5 Å². The molecule has 0 radical (unpaired) electrons. The van der Waals surface area contributed by atoms with Crippen molar-refractivity contribution in [3.63, 3.8) is 0 Å². The van der Waals surface area contributed by atoms with Crippen molar-refractivity contribution in [2.45, 2.75) is 30.2 Å². The molecule has 2 fully saturated rings. The maximum absolute atomic E-state index is 12.6. The molecule has 1 aliphatic heterocycles. The molecule has 1 aliphatic carbocycles.